The first-order valence-corrected chi connectivity index (χ1v) is 8.47. The van der Waals surface area contributed by atoms with E-state index in [-0.39, 0.29) is 0 Å². The number of hydrogen-bond donors (Lipinski definition) is 1. The maximum atomic E-state index is 4.69. The van der Waals surface area contributed by atoms with Gasteiger partial charge in [0, 0.05) is 17.3 Å². The average molecular weight is 299 g/mol. The number of anilines is 1. The smallest absolute Gasteiger partial charge is 0.189 e. The van der Waals surface area contributed by atoms with Gasteiger partial charge in [0.15, 0.2) is 5.16 Å². The Morgan fingerprint density at radius 1 is 1.14 bits per heavy atom. The number of aromatic nitrogens is 2. The van der Waals surface area contributed by atoms with Crippen LogP contribution in [-0.2, 0) is 12.8 Å². The highest BCUT2D eigenvalue weighted by atomic mass is 32.2. The summed E-state index contributed by atoms with van der Waals surface area (Å²) in [6.07, 6.45) is 2.16. The molecule has 3 nitrogen and oxygen atoms in total. The third kappa shape index (κ3) is 3.05. The van der Waals surface area contributed by atoms with Gasteiger partial charge in [-0.15, -0.1) is 0 Å². The fourth-order valence-electron chi connectivity index (χ4n) is 2.79. The predicted octanol–water partition coefficient (Wildman–Crippen LogP) is 3.78. The van der Waals surface area contributed by atoms with Crippen LogP contribution in [0.1, 0.15) is 29.3 Å². The minimum Gasteiger partial charge on any atom is -0.366 e. The van der Waals surface area contributed by atoms with Gasteiger partial charge in [-0.3, -0.25) is 0 Å². The first kappa shape index (κ1) is 14.4. The number of hydrogen-bond acceptors (Lipinski definition) is 4. The molecule has 0 bridgehead atoms. The van der Waals surface area contributed by atoms with Crippen LogP contribution < -0.4 is 5.32 Å². The van der Waals surface area contributed by atoms with E-state index in [1.807, 2.05) is 0 Å². The van der Waals surface area contributed by atoms with Crippen molar-refractivity contribution in [2.24, 2.45) is 0 Å². The van der Waals surface area contributed by atoms with Crippen LogP contribution in [0.4, 0.5) is 5.82 Å². The monoisotopic (exact) mass is 299 g/mol. The van der Waals surface area contributed by atoms with Crippen LogP contribution in [0, 0.1) is 13.8 Å². The average Bonchev–Trinajstić information content (AvgIpc) is 2.87. The lowest BCUT2D eigenvalue weighted by Gasteiger charge is -2.16. The molecule has 0 aliphatic heterocycles. The van der Waals surface area contributed by atoms with Crippen LogP contribution in [0.5, 0.6) is 0 Å². The van der Waals surface area contributed by atoms with E-state index in [0.717, 1.165) is 40.8 Å². The summed E-state index contributed by atoms with van der Waals surface area (Å²) >= 11 is 1.70. The van der Waals surface area contributed by atoms with Crippen LogP contribution in [0.25, 0.3) is 0 Å². The highest BCUT2D eigenvalue weighted by Crippen LogP contribution is 2.26. The molecule has 1 aliphatic carbocycles. The Bertz CT molecular complexity index is 629. The molecule has 2 aromatic rings. The summed E-state index contributed by atoms with van der Waals surface area (Å²) in [7, 11) is 0. The minimum atomic E-state index is 0.440. The Morgan fingerprint density at radius 2 is 1.81 bits per heavy atom. The standard InChI is InChI=1S/C17H21N3S/c1-4-21-17-18-12(3)11(2)16(20-17)19-15-9-13-7-5-6-8-14(13)10-15/h5-8,15H,4,9-10H2,1-3H3,(H,18,19,20). The number of benzene rings is 1. The van der Waals surface area contributed by atoms with Crippen LogP contribution in [0.15, 0.2) is 29.4 Å². The zero-order valence-corrected chi connectivity index (χ0v) is 13.6. The lowest BCUT2D eigenvalue weighted by Crippen LogP contribution is -2.21. The fraction of sp³-hybridized carbons (Fsp3) is 0.412. The molecule has 0 spiro atoms. The summed E-state index contributed by atoms with van der Waals surface area (Å²) < 4.78 is 0. The van der Waals surface area contributed by atoms with Gasteiger partial charge >= 0.3 is 0 Å². The normalized spacial score (nSPS) is 14.2. The van der Waals surface area contributed by atoms with E-state index in [0.29, 0.717) is 6.04 Å². The molecule has 0 unspecified atom stereocenters. The maximum absolute atomic E-state index is 4.69. The molecule has 1 aromatic carbocycles. The molecular formula is C17H21N3S. The molecule has 0 radical (unpaired) electrons. The second-order valence-corrected chi connectivity index (χ2v) is 6.75. The van der Waals surface area contributed by atoms with E-state index < -0.39 is 0 Å². The van der Waals surface area contributed by atoms with E-state index in [9.17, 15) is 0 Å². The third-order valence-corrected chi connectivity index (χ3v) is 4.76. The van der Waals surface area contributed by atoms with E-state index in [2.05, 4.69) is 60.3 Å². The van der Waals surface area contributed by atoms with Crippen molar-refractivity contribution in [2.45, 2.75) is 44.8 Å². The predicted molar refractivity (Wildman–Crippen MR) is 89.2 cm³/mol. The SMILES string of the molecule is CCSc1nc(C)c(C)c(NC2Cc3ccccc3C2)n1. The fourth-order valence-corrected chi connectivity index (χ4v) is 3.41. The van der Waals surface area contributed by atoms with Crippen molar-refractivity contribution in [2.75, 3.05) is 11.1 Å². The molecule has 0 fully saturated rings. The van der Waals surface area contributed by atoms with Crippen LogP contribution in [0.3, 0.4) is 0 Å². The Morgan fingerprint density at radius 3 is 2.43 bits per heavy atom. The van der Waals surface area contributed by atoms with Crippen molar-refractivity contribution >= 4 is 17.6 Å². The quantitative estimate of drug-likeness (QED) is 0.688. The molecule has 21 heavy (non-hydrogen) atoms. The molecule has 0 atom stereocenters. The summed E-state index contributed by atoms with van der Waals surface area (Å²) in [5, 5.41) is 4.50. The molecule has 1 aromatic heterocycles. The second-order valence-electron chi connectivity index (χ2n) is 5.52. The highest BCUT2D eigenvalue weighted by Gasteiger charge is 2.22. The van der Waals surface area contributed by atoms with Gasteiger partial charge in [0.05, 0.1) is 0 Å². The van der Waals surface area contributed by atoms with E-state index in [4.69, 9.17) is 0 Å². The zero-order valence-electron chi connectivity index (χ0n) is 12.8. The molecule has 1 aliphatic rings. The number of nitrogens with one attached hydrogen (secondary N) is 1. The van der Waals surface area contributed by atoms with Gasteiger partial charge in [0.1, 0.15) is 5.82 Å². The van der Waals surface area contributed by atoms with E-state index in [1.54, 1.807) is 11.8 Å². The molecule has 0 saturated heterocycles. The zero-order chi connectivity index (χ0) is 14.8. The van der Waals surface area contributed by atoms with Crippen molar-refractivity contribution in [1.29, 1.82) is 0 Å². The van der Waals surface area contributed by atoms with Gasteiger partial charge in [-0.05, 0) is 43.6 Å². The lowest BCUT2D eigenvalue weighted by molar-refractivity contribution is 0.758. The van der Waals surface area contributed by atoms with Crippen LogP contribution >= 0.6 is 11.8 Å². The Kier molecular flexibility index (Phi) is 4.15. The molecule has 0 amide bonds. The highest BCUT2D eigenvalue weighted by molar-refractivity contribution is 7.99. The number of aryl methyl sites for hydroxylation is 1. The summed E-state index contributed by atoms with van der Waals surface area (Å²) in [6, 6.07) is 9.14. The Hall–Kier alpha value is -1.55. The van der Waals surface area contributed by atoms with Gasteiger partial charge in [0.2, 0.25) is 0 Å². The minimum absolute atomic E-state index is 0.440. The largest absolute Gasteiger partial charge is 0.366 e. The van der Waals surface area contributed by atoms with Gasteiger partial charge in [-0.25, -0.2) is 9.97 Å². The number of fused-ring (bicyclic) bond motifs is 1. The molecule has 4 heteroatoms. The summed E-state index contributed by atoms with van der Waals surface area (Å²) in [5.41, 5.74) is 5.15. The lowest BCUT2D eigenvalue weighted by atomic mass is 10.1. The number of nitrogens with zero attached hydrogens (tertiary/aromatic N) is 2. The van der Waals surface area contributed by atoms with E-state index in [1.165, 1.54) is 11.1 Å². The Labute approximate surface area is 130 Å². The third-order valence-electron chi connectivity index (χ3n) is 4.03. The first-order valence-electron chi connectivity index (χ1n) is 7.48. The van der Waals surface area contributed by atoms with Crippen molar-refractivity contribution in [3.8, 4) is 0 Å². The molecular weight excluding hydrogens is 278 g/mol. The van der Waals surface area contributed by atoms with Gasteiger partial charge < -0.3 is 5.32 Å². The molecule has 1 heterocycles. The van der Waals surface area contributed by atoms with Crippen molar-refractivity contribution < 1.29 is 0 Å². The second kappa shape index (κ2) is 6.06. The van der Waals surface area contributed by atoms with Gasteiger partial charge in [0.25, 0.3) is 0 Å². The molecule has 1 N–H and O–H groups in total. The summed E-state index contributed by atoms with van der Waals surface area (Å²) in [5.74, 6) is 1.99. The van der Waals surface area contributed by atoms with Gasteiger partial charge in [-0.2, -0.15) is 0 Å². The first-order chi connectivity index (χ1) is 10.2. The maximum Gasteiger partial charge on any atom is 0.189 e. The summed E-state index contributed by atoms with van der Waals surface area (Å²) in [6.45, 7) is 6.29. The van der Waals surface area contributed by atoms with Crippen molar-refractivity contribution in [3.05, 3.63) is 46.6 Å². The molecule has 0 saturated carbocycles. The van der Waals surface area contributed by atoms with Gasteiger partial charge in [-0.1, -0.05) is 43.0 Å². The van der Waals surface area contributed by atoms with Crippen LogP contribution in [0.2, 0.25) is 0 Å². The molecule has 110 valence electrons. The topological polar surface area (TPSA) is 37.8 Å². The van der Waals surface area contributed by atoms with Crippen molar-refractivity contribution in [1.82, 2.24) is 9.97 Å². The Balaban J connectivity index is 1.80. The summed E-state index contributed by atoms with van der Waals surface area (Å²) in [4.78, 5) is 9.24. The van der Waals surface area contributed by atoms with E-state index >= 15 is 0 Å². The number of rotatable bonds is 4. The van der Waals surface area contributed by atoms with Crippen molar-refractivity contribution in [3.63, 3.8) is 0 Å². The molecule has 3 rings (SSSR count). The number of thioether (sulfide) groups is 1. The van der Waals surface area contributed by atoms with Crippen LogP contribution in [-0.4, -0.2) is 21.8 Å².